The average molecular weight is 301 g/mol. The number of carboxylic acids is 1. The highest BCUT2D eigenvalue weighted by Gasteiger charge is 2.22. The first-order chi connectivity index (χ1) is 9.00. The lowest BCUT2D eigenvalue weighted by molar-refractivity contribution is -0.255. The smallest absolute Gasteiger partial charge is 0.254 e. The quantitative estimate of drug-likeness (QED) is 0.839. The standard InChI is InChI=1S/C13H13Cl2NO3/c14-10-6-8(9(13(18)19)7-11(10)15)12(17)16-4-2-1-3-5-16/h6-7H,1-5H2,(H,18,19)/p-1. The summed E-state index contributed by atoms with van der Waals surface area (Å²) in [5.74, 6) is -1.77. The zero-order valence-corrected chi connectivity index (χ0v) is 11.6. The monoisotopic (exact) mass is 300 g/mol. The van der Waals surface area contributed by atoms with Crippen LogP contribution in [0.5, 0.6) is 0 Å². The van der Waals surface area contributed by atoms with Gasteiger partial charge in [0, 0.05) is 18.7 Å². The van der Waals surface area contributed by atoms with E-state index in [-0.39, 0.29) is 27.1 Å². The highest BCUT2D eigenvalue weighted by Crippen LogP contribution is 2.27. The van der Waals surface area contributed by atoms with Gasteiger partial charge in [0.05, 0.1) is 21.6 Å². The van der Waals surface area contributed by atoms with E-state index in [1.807, 2.05) is 0 Å². The predicted molar refractivity (Wildman–Crippen MR) is 70.5 cm³/mol. The lowest BCUT2D eigenvalue weighted by Crippen LogP contribution is -2.37. The number of likely N-dealkylation sites (tertiary alicyclic amines) is 1. The fraction of sp³-hybridized carbons (Fsp3) is 0.385. The Balaban J connectivity index is 2.39. The van der Waals surface area contributed by atoms with Gasteiger partial charge in [-0.3, -0.25) is 4.79 Å². The van der Waals surface area contributed by atoms with Crippen molar-refractivity contribution in [3.05, 3.63) is 33.3 Å². The number of rotatable bonds is 2. The van der Waals surface area contributed by atoms with Crippen LogP contribution in [-0.2, 0) is 0 Å². The summed E-state index contributed by atoms with van der Waals surface area (Å²) in [6.07, 6.45) is 2.93. The van der Waals surface area contributed by atoms with Crippen LogP contribution in [0.2, 0.25) is 10.0 Å². The molecule has 1 aliphatic rings. The van der Waals surface area contributed by atoms with Crippen LogP contribution >= 0.6 is 23.2 Å². The largest absolute Gasteiger partial charge is 0.545 e. The van der Waals surface area contributed by atoms with E-state index in [1.54, 1.807) is 4.90 Å². The minimum atomic E-state index is -1.43. The number of aromatic carboxylic acids is 1. The van der Waals surface area contributed by atoms with E-state index in [9.17, 15) is 14.7 Å². The number of amides is 1. The summed E-state index contributed by atoms with van der Waals surface area (Å²) in [5, 5.41) is 11.3. The van der Waals surface area contributed by atoms with E-state index in [0.29, 0.717) is 13.1 Å². The van der Waals surface area contributed by atoms with Crippen molar-refractivity contribution in [2.45, 2.75) is 19.3 Å². The van der Waals surface area contributed by atoms with Crippen LogP contribution < -0.4 is 5.11 Å². The minimum Gasteiger partial charge on any atom is -0.545 e. The van der Waals surface area contributed by atoms with Crippen molar-refractivity contribution in [2.75, 3.05) is 13.1 Å². The van der Waals surface area contributed by atoms with E-state index in [4.69, 9.17) is 23.2 Å². The molecule has 1 aliphatic heterocycles. The van der Waals surface area contributed by atoms with Gasteiger partial charge in [-0.1, -0.05) is 23.2 Å². The van der Waals surface area contributed by atoms with Crippen LogP contribution in [0.4, 0.5) is 0 Å². The van der Waals surface area contributed by atoms with Crippen molar-refractivity contribution >= 4 is 35.1 Å². The lowest BCUT2D eigenvalue weighted by Gasteiger charge is -2.27. The van der Waals surface area contributed by atoms with Crippen molar-refractivity contribution in [1.82, 2.24) is 4.90 Å². The molecule has 2 rings (SSSR count). The van der Waals surface area contributed by atoms with Crippen molar-refractivity contribution < 1.29 is 14.7 Å². The fourth-order valence-corrected chi connectivity index (χ4v) is 2.49. The first kappa shape index (κ1) is 14.2. The summed E-state index contributed by atoms with van der Waals surface area (Å²) in [5.41, 5.74) is -0.179. The van der Waals surface area contributed by atoms with Crippen molar-refractivity contribution in [3.8, 4) is 0 Å². The van der Waals surface area contributed by atoms with Gasteiger partial charge >= 0.3 is 0 Å². The van der Waals surface area contributed by atoms with E-state index < -0.39 is 5.97 Å². The third-order valence-electron chi connectivity index (χ3n) is 3.15. The van der Waals surface area contributed by atoms with Crippen LogP contribution in [0.15, 0.2) is 12.1 Å². The number of benzene rings is 1. The van der Waals surface area contributed by atoms with Crippen molar-refractivity contribution in [1.29, 1.82) is 0 Å². The van der Waals surface area contributed by atoms with Crippen LogP contribution in [0.3, 0.4) is 0 Å². The van der Waals surface area contributed by atoms with Gasteiger partial charge in [-0.2, -0.15) is 0 Å². The first-order valence-corrected chi connectivity index (χ1v) is 6.76. The highest BCUT2D eigenvalue weighted by molar-refractivity contribution is 6.42. The second-order valence-corrected chi connectivity index (χ2v) is 5.27. The summed E-state index contributed by atoms with van der Waals surface area (Å²) in [7, 11) is 0. The normalized spacial score (nSPS) is 15.4. The first-order valence-electron chi connectivity index (χ1n) is 6.00. The Hall–Kier alpha value is -1.26. The molecule has 0 atom stereocenters. The average Bonchev–Trinajstić information content (AvgIpc) is 2.41. The Labute approximate surface area is 120 Å². The van der Waals surface area contributed by atoms with Crippen LogP contribution in [0.1, 0.15) is 40.0 Å². The number of nitrogens with zero attached hydrogens (tertiary/aromatic N) is 1. The predicted octanol–water partition coefficient (Wildman–Crippen LogP) is 1.98. The molecule has 0 N–H and O–H groups in total. The van der Waals surface area contributed by atoms with E-state index in [1.165, 1.54) is 6.07 Å². The molecule has 1 saturated heterocycles. The van der Waals surface area contributed by atoms with Gasteiger partial charge in [-0.25, -0.2) is 0 Å². The highest BCUT2D eigenvalue weighted by atomic mass is 35.5. The summed E-state index contributed by atoms with van der Waals surface area (Å²) in [6, 6.07) is 2.46. The molecule has 0 aliphatic carbocycles. The molecule has 19 heavy (non-hydrogen) atoms. The fourth-order valence-electron chi connectivity index (χ4n) is 2.16. The summed E-state index contributed by atoms with van der Waals surface area (Å²) in [6.45, 7) is 1.26. The summed E-state index contributed by atoms with van der Waals surface area (Å²) < 4.78 is 0. The summed E-state index contributed by atoms with van der Waals surface area (Å²) in [4.78, 5) is 25.0. The molecule has 0 bridgehead atoms. The maximum atomic E-state index is 12.3. The topological polar surface area (TPSA) is 60.4 Å². The Morgan fingerprint density at radius 1 is 1.00 bits per heavy atom. The molecule has 0 aromatic heterocycles. The molecule has 1 fully saturated rings. The molecule has 4 nitrogen and oxygen atoms in total. The Morgan fingerprint density at radius 3 is 2.05 bits per heavy atom. The van der Waals surface area contributed by atoms with Crippen molar-refractivity contribution in [3.63, 3.8) is 0 Å². The molecule has 0 spiro atoms. The van der Waals surface area contributed by atoms with Gasteiger partial charge < -0.3 is 14.8 Å². The number of hydrogen-bond acceptors (Lipinski definition) is 3. The van der Waals surface area contributed by atoms with Crippen LogP contribution in [0.25, 0.3) is 0 Å². The summed E-state index contributed by atoms with van der Waals surface area (Å²) >= 11 is 11.6. The number of carboxylic acid groups (broad SMARTS) is 1. The number of piperidine rings is 1. The Bertz CT molecular complexity index is 525. The zero-order chi connectivity index (χ0) is 14.0. The van der Waals surface area contributed by atoms with E-state index in [0.717, 1.165) is 25.3 Å². The van der Waals surface area contributed by atoms with E-state index in [2.05, 4.69) is 0 Å². The lowest BCUT2D eigenvalue weighted by atomic mass is 10.0. The number of halogens is 2. The molecule has 1 heterocycles. The Kier molecular flexibility index (Phi) is 4.32. The molecular formula is C13H12Cl2NO3-. The number of carbonyl (C=O) groups is 2. The molecule has 0 unspecified atom stereocenters. The molecule has 1 aromatic carbocycles. The third-order valence-corrected chi connectivity index (χ3v) is 3.88. The maximum absolute atomic E-state index is 12.3. The number of carbonyl (C=O) groups excluding carboxylic acids is 2. The van der Waals surface area contributed by atoms with Gasteiger partial charge in [0.2, 0.25) is 0 Å². The zero-order valence-electron chi connectivity index (χ0n) is 10.1. The van der Waals surface area contributed by atoms with Gasteiger partial charge in [0.1, 0.15) is 0 Å². The van der Waals surface area contributed by atoms with Gasteiger partial charge in [-0.05, 0) is 31.4 Å². The minimum absolute atomic E-state index is 0.0382. The Morgan fingerprint density at radius 2 is 1.53 bits per heavy atom. The molecule has 0 saturated carbocycles. The third kappa shape index (κ3) is 3.01. The molecule has 6 heteroatoms. The van der Waals surface area contributed by atoms with Crippen LogP contribution in [-0.4, -0.2) is 29.9 Å². The second-order valence-electron chi connectivity index (χ2n) is 4.45. The number of hydrogen-bond donors (Lipinski definition) is 0. The maximum Gasteiger partial charge on any atom is 0.254 e. The molecule has 102 valence electrons. The molecule has 1 amide bonds. The van der Waals surface area contributed by atoms with Crippen molar-refractivity contribution in [2.24, 2.45) is 0 Å². The SMILES string of the molecule is O=C([O-])c1cc(Cl)c(Cl)cc1C(=O)N1CCCCC1. The van der Waals surface area contributed by atoms with Gasteiger partial charge in [0.25, 0.3) is 5.91 Å². The molecular weight excluding hydrogens is 289 g/mol. The van der Waals surface area contributed by atoms with Gasteiger partial charge in [-0.15, -0.1) is 0 Å². The second kappa shape index (κ2) is 5.80. The van der Waals surface area contributed by atoms with Gasteiger partial charge in [0.15, 0.2) is 0 Å². The van der Waals surface area contributed by atoms with E-state index >= 15 is 0 Å². The molecule has 1 aromatic rings. The molecule has 0 radical (unpaired) electrons. The van der Waals surface area contributed by atoms with Crippen LogP contribution in [0, 0.1) is 0 Å².